The highest BCUT2D eigenvalue weighted by atomic mass is 16.2. The van der Waals surface area contributed by atoms with E-state index in [1.807, 2.05) is 38.1 Å². The molecule has 0 aliphatic heterocycles. The Hall–Kier alpha value is -1.84. The Labute approximate surface area is 131 Å². The van der Waals surface area contributed by atoms with E-state index in [0.717, 1.165) is 37.6 Å². The molecule has 0 N–H and O–H groups in total. The highest BCUT2D eigenvalue weighted by Crippen LogP contribution is 2.18. The van der Waals surface area contributed by atoms with Gasteiger partial charge in [0.2, 0.25) is 0 Å². The third-order valence-corrected chi connectivity index (χ3v) is 4.37. The highest BCUT2D eigenvalue weighted by molar-refractivity contribution is 5.77. The largest absolute Gasteiger partial charge is 0.331 e. The summed E-state index contributed by atoms with van der Waals surface area (Å²) in [4.78, 5) is 25.6. The molecule has 0 bridgehead atoms. The molecule has 0 fully saturated rings. The molecule has 1 aromatic carbocycles. The van der Waals surface area contributed by atoms with Gasteiger partial charge in [-0.3, -0.25) is 13.9 Å². The second-order valence-electron chi connectivity index (χ2n) is 5.78. The maximum Gasteiger partial charge on any atom is 0.331 e. The van der Waals surface area contributed by atoms with Crippen LogP contribution in [0.2, 0.25) is 0 Å². The summed E-state index contributed by atoms with van der Waals surface area (Å²) in [6, 6.07) is 7.39. The molecule has 4 nitrogen and oxygen atoms in total. The smallest absolute Gasteiger partial charge is 0.293 e. The van der Waals surface area contributed by atoms with Crippen LogP contribution in [0.1, 0.15) is 58.9 Å². The number of benzene rings is 1. The predicted octanol–water partition coefficient (Wildman–Crippen LogP) is 3.71. The van der Waals surface area contributed by atoms with Crippen molar-refractivity contribution in [3.8, 4) is 0 Å². The highest BCUT2D eigenvalue weighted by Gasteiger charge is 2.18. The second kappa shape index (κ2) is 7.43. The molecular weight excluding hydrogens is 276 g/mol. The first-order valence-electron chi connectivity index (χ1n) is 8.39. The lowest BCUT2D eigenvalue weighted by atomic mass is 10.1. The van der Waals surface area contributed by atoms with Crippen LogP contribution in [0.25, 0.3) is 10.9 Å². The minimum absolute atomic E-state index is 0.00560. The van der Waals surface area contributed by atoms with Gasteiger partial charge in [-0.05, 0) is 31.9 Å². The summed E-state index contributed by atoms with van der Waals surface area (Å²) >= 11 is 0. The van der Waals surface area contributed by atoms with Gasteiger partial charge in [0, 0.05) is 12.6 Å². The predicted molar refractivity (Wildman–Crippen MR) is 91.6 cm³/mol. The molecule has 0 aliphatic carbocycles. The zero-order valence-electron chi connectivity index (χ0n) is 13.8. The Morgan fingerprint density at radius 2 is 1.77 bits per heavy atom. The van der Waals surface area contributed by atoms with E-state index >= 15 is 0 Å². The SMILES string of the molecule is CCCCCC(CC)n1c(=O)c2ccccc2n(CC)c1=O. The number of hydrogen-bond donors (Lipinski definition) is 0. The summed E-state index contributed by atoms with van der Waals surface area (Å²) in [7, 11) is 0. The lowest BCUT2D eigenvalue weighted by Crippen LogP contribution is -2.42. The molecule has 0 aliphatic rings. The topological polar surface area (TPSA) is 44.0 Å². The average Bonchev–Trinajstić information content (AvgIpc) is 2.54. The normalized spacial score (nSPS) is 12.7. The monoisotopic (exact) mass is 302 g/mol. The number of fused-ring (bicyclic) bond motifs is 1. The van der Waals surface area contributed by atoms with Crippen LogP contribution in [0.5, 0.6) is 0 Å². The summed E-state index contributed by atoms with van der Waals surface area (Å²) in [6.45, 7) is 6.73. The van der Waals surface area contributed by atoms with E-state index in [1.165, 1.54) is 4.57 Å². The zero-order chi connectivity index (χ0) is 16.1. The van der Waals surface area contributed by atoms with Crippen molar-refractivity contribution in [3.63, 3.8) is 0 Å². The number of nitrogens with zero attached hydrogens (tertiary/aromatic N) is 2. The van der Waals surface area contributed by atoms with E-state index in [1.54, 1.807) is 4.57 Å². The molecule has 120 valence electrons. The Balaban J connectivity index is 2.62. The van der Waals surface area contributed by atoms with Gasteiger partial charge in [-0.1, -0.05) is 45.2 Å². The van der Waals surface area contributed by atoms with Crippen molar-refractivity contribution in [3.05, 3.63) is 45.1 Å². The number of hydrogen-bond acceptors (Lipinski definition) is 2. The van der Waals surface area contributed by atoms with Crippen LogP contribution in [0.15, 0.2) is 33.9 Å². The minimum atomic E-state index is -0.172. The first-order chi connectivity index (χ1) is 10.7. The van der Waals surface area contributed by atoms with E-state index < -0.39 is 0 Å². The molecule has 2 rings (SSSR count). The molecule has 1 heterocycles. The molecule has 0 radical (unpaired) electrons. The fourth-order valence-corrected chi connectivity index (χ4v) is 3.11. The van der Waals surface area contributed by atoms with E-state index in [9.17, 15) is 9.59 Å². The third kappa shape index (κ3) is 3.01. The standard InChI is InChI=1S/C18H26N2O2/c1-4-7-8-11-14(5-2)20-17(21)15-12-9-10-13-16(15)19(6-3)18(20)22/h9-10,12-14H,4-8,11H2,1-3H3. The first-order valence-corrected chi connectivity index (χ1v) is 8.39. The summed E-state index contributed by atoms with van der Waals surface area (Å²) in [6.07, 6.45) is 5.03. The number of aryl methyl sites for hydroxylation is 1. The van der Waals surface area contributed by atoms with Gasteiger partial charge >= 0.3 is 5.69 Å². The first kappa shape index (κ1) is 16.5. The second-order valence-corrected chi connectivity index (χ2v) is 5.78. The molecular formula is C18H26N2O2. The molecule has 22 heavy (non-hydrogen) atoms. The molecule has 1 atom stereocenters. The van der Waals surface area contributed by atoms with E-state index in [4.69, 9.17) is 0 Å². The Morgan fingerprint density at radius 1 is 1.05 bits per heavy atom. The fraction of sp³-hybridized carbons (Fsp3) is 0.556. The van der Waals surface area contributed by atoms with Crippen LogP contribution in [0.3, 0.4) is 0 Å². The summed E-state index contributed by atoms with van der Waals surface area (Å²) in [5.74, 6) is 0. The van der Waals surface area contributed by atoms with Crippen molar-refractivity contribution < 1.29 is 0 Å². The van der Waals surface area contributed by atoms with Crippen LogP contribution in [0.4, 0.5) is 0 Å². The van der Waals surface area contributed by atoms with Gasteiger partial charge in [0.15, 0.2) is 0 Å². The number of unbranched alkanes of at least 4 members (excludes halogenated alkanes) is 2. The summed E-state index contributed by atoms with van der Waals surface area (Å²) in [5.41, 5.74) is 0.419. The van der Waals surface area contributed by atoms with Crippen LogP contribution in [-0.4, -0.2) is 9.13 Å². The molecule has 0 saturated carbocycles. The molecule has 0 amide bonds. The van der Waals surface area contributed by atoms with Crippen molar-refractivity contribution >= 4 is 10.9 Å². The number of para-hydroxylation sites is 1. The molecule has 1 aromatic heterocycles. The van der Waals surface area contributed by atoms with E-state index in [-0.39, 0.29) is 17.3 Å². The van der Waals surface area contributed by atoms with Gasteiger partial charge in [-0.25, -0.2) is 4.79 Å². The van der Waals surface area contributed by atoms with Crippen LogP contribution >= 0.6 is 0 Å². The maximum atomic E-state index is 12.8. The zero-order valence-corrected chi connectivity index (χ0v) is 13.8. The van der Waals surface area contributed by atoms with Crippen molar-refractivity contribution in [1.82, 2.24) is 9.13 Å². The minimum Gasteiger partial charge on any atom is -0.293 e. The fourth-order valence-electron chi connectivity index (χ4n) is 3.11. The lowest BCUT2D eigenvalue weighted by molar-refractivity contribution is 0.398. The maximum absolute atomic E-state index is 12.8. The Morgan fingerprint density at radius 3 is 2.41 bits per heavy atom. The average molecular weight is 302 g/mol. The number of aromatic nitrogens is 2. The molecule has 1 unspecified atom stereocenters. The van der Waals surface area contributed by atoms with E-state index in [0.29, 0.717) is 11.9 Å². The van der Waals surface area contributed by atoms with Gasteiger partial charge in [-0.15, -0.1) is 0 Å². The lowest BCUT2D eigenvalue weighted by Gasteiger charge is -2.20. The Kier molecular flexibility index (Phi) is 5.58. The Bertz CT molecular complexity index is 743. The van der Waals surface area contributed by atoms with Crippen LogP contribution in [0, 0.1) is 0 Å². The molecule has 2 aromatic rings. The molecule has 0 saturated heterocycles. The van der Waals surface area contributed by atoms with Crippen LogP contribution in [-0.2, 0) is 6.54 Å². The van der Waals surface area contributed by atoms with Crippen molar-refractivity contribution in [2.45, 2.75) is 65.5 Å². The van der Waals surface area contributed by atoms with Crippen molar-refractivity contribution in [2.24, 2.45) is 0 Å². The van der Waals surface area contributed by atoms with Gasteiger partial charge in [0.1, 0.15) is 0 Å². The van der Waals surface area contributed by atoms with Crippen molar-refractivity contribution in [2.75, 3.05) is 0 Å². The van der Waals surface area contributed by atoms with Gasteiger partial charge < -0.3 is 0 Å². The third-order valence-electron chi connectivity index (χ3n) is 4.37. The van der Waals surface area contributed by atoms with Gasteiger partial charge in [-0.2, -0.15) is 0 Å². The summed E-state index contributed by atoms with van der Waals surface area (Å²) in [5, 5.41) is 0.637. The van der Waals surface area contributed by atoms with Gasteiger partial charge in [0.25, 0.3) is 5.56 Å². The van der Waals surface area contributed by atoms with Gasteiger partial charge in [0.05, 0.1) is 10.9 Å². The molecule has 0 spiro atoms. The quantitative estimate of drug-likeness (QED) is 0.732. The van der Waals surface area contributed by atoms with E-state index in [2.05, 4.69) is 6.92 Å². The summed E-state index contributed by atoms with van der Waals surface area (Å²) < 4.78 is 3.20. The van der Waals surface area contributed by atoms with Crippen LogP contribution < -0.4 is 11.2 Å². The molecule has 4 heteroatoms. The van der Waals surface area contributed by atoms with Crippen molar-refractivity contribution in [1.29, 1.82) is 0 Å². The number of rotatable bonds is 7.